The van der Waals surface area contributed by atoms with Gasteiger partial charge in [0.25, 0.3) is 0 Å². The van der Waals surface area contributed by atoms with E-state index in [-0.39, 0.29) is 19.4 Å². The first-order chi connectivity index (χ1) is 13.0. The molecule has 3 amide bonds. The molecule has 1 aliphatic heterocycles. The maximum atomic E-state index is 12.1. The Balaban J connectivity index is 1.50. The fraction of sp³-hybridized carbons (Fsp3) is 0.300. The Hall–Kier alpha value is -3.06. The molecular formula is C20H23N3O4. The summed E-state index contributed by atoms with van der Waals surface area (Å²) in [5.41, 5.74) is 1.62. The van der Waals surface area contributed by atoms with E-state index < -0.39 is 11.9 Å². The van der Waals surface area contributed by atoms with Crippen LogP contribution >= 0.6 is 0 Å². The van der Waals surface area contributed by atoms with Crippen molar-refractivity contribution in [2.45, 2.75) is 19.9 Å². The lowest BCUT2D eigenvalue weighted by Crippen LogP contribution is -2.41. The summed E-state index contributed by atoms with van der Waals surface area (Å²) >= 11 is 0. The Labute approximate surface area is 158 Å². The number of imide groups is 1. The van der Waals surface area contributed by atoms with Crippen molar-refractivity contribution in [3.63, 3.8) is 0 Å². The molecule has 0 saturated heterocycles. The second kappa shape index (κ2) is 8.55. The van der Waals surface area contributed by atoms with Crippen LogP contribution in [0.1, 0.15) is 25.5 Å². The van der Waals surface area contributed by atoms with E-state index in [0.29, 0.717) is 23.1 Å². The first-order valence-corrected chi connectivity index (χ1v) is 8.82. The molecule has 7 nitrogen and oxygen atoms in total. The monoisotopic (exact) mass is 369 g/mol. The van der Waals surface area contributed by atoms with Gasteiger partial charge in [0.1, 0.15) is 0 Å². The molecule has 0 fully saturated rings. The van der Waals surface area contributed by atoms with E-state index in [1.807, 2.05) is 30.3 Å². The number of anilines is 1. The minimum absolute atomic E-state index is 0.0221. The zero-order valence-corrected chi connectivity index (χ0v) is 15.3. The molecule has 0 aromatic heterocycles. The molecule has 2 aromatic carbocycles. The number of nitrogens with one attached hydrogen (secondary N) is 3. The Kier molecular flexibility index (Phi) is 5.93. The smallest absolute Gasteiger partial charge is 0.325 e. The molecule has 0 bridgehead atoms. The van der Waals surface area contributed by atoms with Gasteiger partial charge in [-0.05, 0) is 23.6 Å². The zero-order valence-electron chi connectivity index (χ0n) is 15.3. The highest BCUT2D eigenvalue weighted by Gasteiger charge is 2.18. The standard InChI is InChI=1S/C20H23N3O4/c1-13(2)19(14-6-4-3-5-7-14)21-11-18(24)23-20(25)22-15-8-9-16-17(10-15)27-12-26-16/h3-10,13,19,21H,11-12H2,1-2H3,(H2,22,23,24,25). The van der Waals surface area contributed by atoms with Crippen molar-refractivity contribution >= 4 is 17.6 Å². The fourth-order valence-corrected chi connectivity index (χ4v) is 2.91. The summed E-state index contributed by atoms with van der Waals surface area (Å²) in [5, 5.41) is 8.14. The van der Waals surface area contributed by atoms with Crippen molar-refractivity contribution in [3.05, 3.63) is 54.1 Å². The number of benzene rings is 2. The first-order valence-electron chi connectivity index (χ1n) is 8.82. The van der Waals surface area contributed by atoms with E-state index in [2.05, 4.69) is 29.8 Å². The highest BCUT2D eigenvalue weighted by atomic mass is 16.7. The zero-order chi connectivity index (χ0) is 19.2. The van der Waals surface area contributed by atoms with Gasteiger partial charge < -0.3 is 20.1 Å². The summed E-state index contributed by atoms with van der Waals surface area (Å²) in [5.74, 6) is 1.07. The fourth-order valence-electron chi connectivity index (χ4n) is 2.91. The molecule has 27 heavy (non-hydrogen) atoms. The van der Waals surface area contributed by atoms with Crippen LogP contribution in [0, 0.1) is 5.92 Å². The number of urea groups is 1. The van der Waals surface area contributed by atoms with Crippen LogP contribution in [-0.2, 0) is 4.79 Å². The minimum atomic E-state index is -0.596. The average molecular weight is 369 g/mol. The molecule has 0 saturated carbocycles. The predicted octanol–water partition coefficient (Wildman–Crippen LogP) is 3.05. The van der Waals surface area contributed by atoms with Crippen molar-refractivity contribution in [1.29, 1.82) is 0 Å². The van der Waals surface area contributed by atoms with E-state index in [1.165, 1.54) is 0 Å². The lowest BCUT2D eigenvalue weighted by molar-refractivity contribution is -0.119. The molecular weight excluding hydrogens is 346 g/mol. The largest absolute Gasteiger partial charge is 0.454 e. The number of hydrogen-bond acceptors (Lipinski definition) is 5. The third kappa shape index (κ3) is 4.98. The summed E-state index contributed by atoms with van der Waals surface area (Å²) < 4.78 is 10.5. The molecule has 1 heterocycles. The molecule has 1 aliphatic rings. The molecule has 7 heteroatoms. The summed E-state index contributed by atoms with van der Waals surface area (Å²) in [6.45, 7) is 4.35. The Morgan fingerprint density at radius 1 is 1.04 bits per heavy atom. The SMILES string of the molecule is CC(C)C(NCC(=O)NC(=O)Nc1ccc2c(c1)OCO2)c1ccccc1. The van der Waals surface area contributed by atoms with Crippen molar-refractivity contribution in [3.8, 4) is 11.5 Å². The first kappa shape index (κ1) is 18.7. The second-order valence-electron chi connectivity index (χ2n) is 6.58. The van der Waals surface area contributed by atoms with Crippen LogP contribution in [0.4, 0.5) is 10.5 Å². The van der Waals surface area contributed by atoms with E-state index in [0.717, 1.165) is 5.56 Å². The molecule has 3 rings (SSSR count). The third-order valence-electron chi connectivity index (χ3n) is 4.19. The number of ether oxygens (including phenoxy) is 2. The van der Waals surface area contributed by atoms with Gasteiger partial charge in [-0.25, -0.2) is 4.79 Å². The molecule has 0 spiro atoms. The van der Waals surface area contributed by atoms with Crippen LogP contribution in [-0.4, -0.2) is 25.3 Å². The number of amides is 3. The summed E-state index contributed by atoms with van der Waals surface area (Å²) in [7, 11) is 0. The van der Waals surface area contributed by atoms with Crippen LogP contribution in [0.2, 0.25) is 0 Å². The van der Waals surface area contributed by atoms with Gasteiger partial charge in [0.2, 0.25) is 12.7 Å². The number of carbonyl (C=O) groups excluding carboxylic acids is 2. The number of carbonyl (C=O) groups is 2. The van der Waals surface area contributed by atoms with Crippen molar-refractivity contribution in [1.82, 2.24) is 10.6 Å². The van der Waals surface area contributed by atoms with Crippen LogP contribution in [0.15, 0.2) is 48.5 Å². The normalized spacial score (nSPS) is 13.3. The van der Waals surface area contributed by atoms with Crippen LogP contribution in [0.25, 0.3) is 0 Å². The van der Waals surface area contributed by atoms with Crippen LogP contribution in [0.5, 0.6) is 11.5 Å². The molecule has 1 atom stereocenters. The number of fused-ring (bicyclic) bond motifs is 1. The summed E-state index contributed by atoms with van der Waals surface area (Å²) in [6, 6.07) is 14.4. The number of hydrogen-bond donors (Lipinski definition) is 3. The Morgan fingerprint density at radius 3 is 2.52 bits per heavy atom. The van der Waals surface area contributed by atoms with Gasteiger partial charge in [-0.3, -0.25) is 10.1 Å². The van der Waals surface area contributed by atoms with Gasteiger partial charge in [-0.2, -0.15) is 0 Å². The van der Waals surface area contributed by atoms with Gasteiger partial charge in [0.15, 0.2) is 11.5 Å². The van der Waals surface area contributed by atoms with Crippen LogP contribution in [0.3, 0.4) is 0 Å². The molecule has 3 N–H and O–H groups in total. The van der Waals surface area contributed by atoms with E-state index in [4.69, 9.17) is 9.47 Å². The molecule has 0 radical (unpaired) electrons. The highest BCUT2D eigenvalue weighted by molar-refractivity contribution is 6.01. The third-order valence-corrected chi connectivity index (χ3v) is 4.19. The molecule has 0 aliphatic carbocycles. The molecule has 142 valence electrons. The van der Waals surface area contributed by atoms with E-state index in [1.54, 1.807) is 18.2 Å². The summed E-state index contributed by atoms with van der Waals surface area (Å²) in [4.78, 5) is 24.1. The Bertz CT molecular complexity index is 808. The van der Waals surface area contributed by atoms with E-state index in [9.17, 15) is 9.59 Å². The van der Waals surface area contributed by atoms with Gasteiger partial charge in [-0.15, -0.1) is 0 Å². The second-order valence-corrected chi connectivity index (χ2v) is 6.58. The lowest BCUT2D eigenvalue weighted by Gasteiger charge is -2.22. The summed E-state index contributed by atoms with van der Waals surface area (Å²) in [6.07, 6.45) is 0. The van der Waals surface area contributed by atoms with Gasteiger partial charge in [0.05, 0.1) is 6.54 Å². The van der Waals surface area contributed by atoms with Crippen molar-refractivity contribution in [2.75, 3.05) is 18.7 Å². The van der Waals surface area contributed by atoms with Gasteiger partial charge >= 0.3 is 6.03 Å². The Morgan fingerprint density at radius 2 is 1.78 bits per heavy atom. The maximum Gasteiger partial charge on any atom is 0.325 e. The van der Waals surface area contributed by atoms with Crippen molar-refractivity contribution in [2.24, 2.45) is 5.92 Å². The van der Waals surface area contributed by atoms with Gasteiger partial charge in [-0.1, -0.05) is 44.2 Å². The van der Waals surface area contributed by atoms with Crippen LogP contribution < -0.4 is 25.4 Å². The molecule has 1 unspecified atom stereocenters. The average Bonchev–Trinajstić information content (AvgIpc) is 3.10. The predicted molar refractivity (Wildman–Crippen MR) is 102 cm³/mol. The maximum absolute atomic E-state index is 12.1. The lowest BCUT2D eigenvalue weighted by atomic mass is 9.96. The molecule has 2 aromatic rings. The highest BCUT2D eigenvalue weighted by Crippen LogP contribution is 2.34. The minimum Gasteiger partial charge on any atom is -0.454 e. The quantitative estimate of drug-likeness (QED) is 0.728. The van der Waals surface area contributed by atoms with Gasteiger partial charge in [0, 0.05) is 17.8 Å². The van der Waals surface area contributed by atoms with E-state index >= 15 is 0 Å². The topological polar surface area (TPSA) is 88.7 Å². The number of rotatable bonds is 6. The van der Waals surface area contributed by atoms with Crippen molar-refractivity contribution < 1.29 is 19.1 Å².